The molecule has 1 aromatic heterocycles. The Morgan fingerprint density at radius 3 is 2.60 bits per heavy atom. The monoisotopic (exact) mass is 331 g/mol. The number of benzene rings is 2. The van der Waals surface area contributed by atoms with Crippen molar-refractivity contribution >= 4 is 22.8 Å². The number of nitrogens with one attached hydrogen (secondary N) is 2. The first-order valence-electron chi connectivity index (χ1n) is 7.44. The van der Waals surface area contributed by atoms with Gasteiger partial charge in [-0.15, -0.1) is 0 Å². The van der Waals surface area contributed by atoms with Crippen LogP contribution in [-0.4, -0.2) is 10.7 Å². The Balaban J connectivity index is 1.95. The number of halogens is 1. The number of nitrogens with zero attached hydrogens (tertiary/aromatic N) is 2. The van der Waals surface area contributed by atoms with E-state index in [-0.39, 0.29) is 11.3 Å². The van der Waals surface area contributed by atoms with Crippen LogP contribution < -0.4 is 11.1 Å². The van der Waals surface area contributed by atoms with Crippen LogP contribution in [0.5, 0.6) is 0 Å². The van der Waals surface area contributed by atoms with Crippen LogP contribution in [0.2, 0.25) is 0 Å². The molecule has 3 aromatic rings. The number of nitrogens with two attached hydrogens (primary N) is 1. The van der Waals surface area contributed by atoms with Crippen molar-refractivity contribution in [1.29, 1.82) is 10.7 Å². The summed E-state index contributed by atoms with van der Waals surface area (Å²) in [6.45, 7) is 0. The lowest BCUT2D eigenvalue weighted by Crippen LogP contribution is -2.06. The summed E-state index contributed by atoms with van der Waals surface area (Å²) in [7, 11) is 0. The molecule has 25 heavy (non-hydrogen) atoms. The molecule has 0 saturated heterocycles. The smallest absolute Gasteiger partial charge is 0.124 e. The number of nitriles is 1. The molecular weight excluding hydrogens is 317 g/mol. The van der Waals surface area contributed by atoms with E-state index in [0.29, 0.717) is 28.2 Å². The first-order valence-corrected chi connectivity index (χ1v) is 7.44. The standard InChI is InChI=1S/C19H14FN5/c20-14-1-4-18(13(9-14)11-21)25-15-2-3-17(22)16(10-15)19(23)12-5-7-24-8-6-12/h1-10,23,25H,22H2. The molecule has 5 nitrogen and oxygen atoms in total. The largest absolute Gasteiger partial charge is 0.398 e. The predicted octanol–water partition coefficient (Wildman–Crippen LogP) is 3.83. The second-order valence-electron chi connectivity index (χ2n) is 5.34. The molecular formula is C19H14FN5. The fourth-order valence-electron chi connectivity index (χ4n) is 2.40. The number of pyridine rings is 1. The summed E-state index contributed by atoms with van der Waals surface area (Å²) in [5.41, 5.74) is 9.31. The lowest BCUT2D eigenvalue weighted by atomic mass is 10.0. The Hall–Kier alpha value is -3.72. The van der Waals surface area contributed by atoms with Gasteiger partial charge >= 0.3 is 0 Å². The van der Waals surface area contributed by atoms with Crippen molar-refractivity contribution in [1.82, 2.24) is 4.98 Å². The van der Waals surface area contributed by atoms with Crippen LogP contribution in [0.4, 0.5) is 21.5 Å². The predicted molar refractivity (Wildman–Crippen MR) is 95.4 cm³/mol. The van der Waals surface area contributed by atoms with Crippen LogP contribution in [0.15, 0.2) is 60.9 Å². The summed E-state index contributed by atoms with van der Waals surface area (Å²) in [6.07, 6.45) is 3.22. The third kappa shape index (κ3) is 3.46. The fourth-order valence-corrected chi connectivity index (χ4v) is 2.40. The normalized spacial score (nSPS) is 10.1. The summed E-state index contributed by atoms with van der Waals surface area (Å²) in [5.74, 6) is -0.473. The summed E-state index contributed by atoms with van der Waals surface area (Å²) in [4.78, 5) is 3.94. The Morgan fingerprint density at radius 1 is 1.12 bits per heavy atom. The maximum absolute atomic E-state index is 13.3. The van der Waals surface area contributed by atoms with E-state index in [1.165, 1.54) is 18.2 Å². The Labute approximate surface area is 144 Å². The van der Waals surface area contributed by atoms with Gasteiger partial charge < -0.3 is 11.1 Å². The Bertz CT molecular complexity index is 977. The lowest BCUT2D eigenvalue weighted by Gasteiger charge is -2.13. The minimum atomic E-state index is -0.473. The van der Waals surface area contributed by atoms with E-state index >= 15 is 0 Å². The summed E-state index contributed by atoms with van der Waals surface area (Å²) < 4.78 is 13.3. The van der Waals surface area contributed by atoms with Gasteiger partial charge in [-0.2, -0.15) is 5.26 Å². The molecule has 0 amide bonds. The van der Waals surface area contributed by atoms with Gasteiger partial charge in [0.05, 0.1) is 17.0 Å². The quantitative estimate of drug-likeness (QED) is 0.500. The highest BCUT2D eigenvalue weighted by Crippen LogP contribution is 2.25. The van der Waals surface area contributed by atoms with Gasteiger partial charge in [-0.05, 0) is 48.5 Å². The molecule has 122 valence electrons. The van der Waals surface area contributed by atoms with Gasteiger partial charge in [-0.25, -0.2) is 4.39 Å². The molecule has 3 rings (SSSR count). The van der Waals surface area contributed by atoms with E-state index in [4.69, 9.17) is 16.4 Å². The van der Waals surface area contributed by atoms with Crippen molar-refractivity contribution in [3.05, 3.63) is 83.4 Å². The second kappa shape index (κ2) is 6.81. The Kier molecular flexibility index (Phi) is 4.40. The van der Waals surface area contributed by atoms with E-state index in [9.17, 15) is 4.39 Å². The third-order valence-electron chi connectivity index (χ3n) is 3.67. The maximum Gasteiger partial charge on any atom is 0.124 e. The number of aromatic nitrogens is 1. The minimum Gasteiger partial charge on any atom is -0.398 e. The number of hydrogen-bond acceptors (Lipinski definition) is 5. The molecule has 1 heterocycles. The van der Waals surface area contributed by atoms with Gasteiger partial charge in [0.25, 0.3) is 0 Å². The molecule has 2 aromatic carbocycles. The second-order valence-corrected chi connectivity index (χ2v) is 5.34. The number of anilines is 3. The fraction of sp³-hybridized carbons (Fsp3) is 0. The van der Waals surface area contributed by atoms with Crippen LogP contribution in [0.3, 0.4) is 0 Å². The highest BCUT2D eigenvalue weighted by molar-refractivity contribution is 6.14. The highest BCUT2D eigenvalue weighted by atomic mass is 19.1. The number of rotatable bonds is 4. The van der Waals surface area contributed by atoms with Crippen LogP contribution in [0.1, 0.15) is 16.7 Å². The molecule has 0 radical (unpaired) electrons. The SMILES string of the molecule is N#Cc1cc(F)ccc1Nc1ccc(N)c(C(=N)c2ccncc2)c1. The van der Waals surface area contributed by atoms with E-state index in [2.05, 4.69) is 10.3 Å². The molecule has 4 N–H and O–H groups in total. The van der Waals surface area contributed by atoms with E-state index in [1.807, 2.05) is 6.07 Å². The van der Waals surface area contributed by atoms with E-state index in [0.717, 1.165) is 0 Å². The third-order valence-corrected chi connectivity index (χ3v) is 3.67. The van der Waals surface area contributed by atoms with Gasteiger partial charge in [0, 0.05) is 34.9 Å². The van der Waals surface area contributed by atoms with Gasteiger partial charge in [-0.1, -0.05) is 0 Å². The molecule has 0 bridgehead atoms. The number of nitrogen functional groups attached to an aromatic ring is 1. The molecule has 0 fully saturated rings. The summed E-state index contributed by atoms with van der Waals surface area (Å²) >= 11 is 0. The molecule has 0 atom stereocenters. The Morgan fingerprint density at radius 2 is 1.88 bits per heavy atom. The molecule has 0 saturated carbocycles. The number of hydrogen-bond donors (Lipinski definition) is 3. The van der Waals surface area contributed by atoms with Gasteiger partial charge in [-0.3, -0.25) is 10.4 Å². The van der Waals surface area contributed by atoms with Crippen molar-refractivity contribution in [3.63, 3.8) is 0 Å². The summed E-state index contributed by atoms with van der Waals surface area (Å²) in [6, 6.07) is 14.5. The molecule has 0 unspecified atom stereocenters. The van der Waals surface area contributed by atoms with Crippen molar-refractivity contribution in [2.24, 2.45) is 0 Å². The van der Waals surface area contributed by atoms with Gasteiger partial charge in [0.1, 0.15) is 11.9 Å². The zero-order valence-electron chi connectivity index (χ0n) is 13.1. The van der Waals surface area contributed by atoms with Crippen LogP contribution in [0.25, 0.3) is 0 Å². The van der Waals surface area contributed by atoms with E-state index in [1.54, 1.807) is 42.7 Å². The molecule has 0 aliphatic heterocycles. The van der Waals surface area contributed by atoms with Crippen LogP contribution >= 0.6 is 0 Å². The van der Waals surface area contributed by atoms with Crippen molar-refractivity contribution < 1.29 is 4.39 Å². The minimum absolute atomic E-state index is 0.197. The van der Waals surface area contributed by atoms with Crippen LogP contribution in [0, 0.1) is 22.6 Å². The molecule has 0 spiro atoms. The first-order chi connectivity index (χ1) is 12.1. The van der Waals surface area contributed by atoms with Crippen molar-refractivity contribution in [2.45, 2.75) is 0 Å². The average molecular weight is 331 g/mol. The van der Waals surface area contributed by atoms with Crippen molar-refractivity contribution in [2.75, 3.05) is 11.1 Å². The van der Waals surface area contributed by atoms with E-state index < -0.39 is 5.82 Å². The molecule has 6 heteroatoms. The van der Waals surface area contributed by atoms with Crippen LogP contribution in [-0.2, 0) is 0 Å². The van der Waals surface area contributed by atoms with Gasteiger partial charge in [0.15, 0.2) is 0 Å². The van der Waals surface area contributed by atoms with Crippen molar-refractivity contribution in [3.8, 4) is 6.07 Å². The molecule has 0 aliphatic rings. The highest BCUT2D eigenvalue weighted by Gasteiger charge is 2.11. The topological polar surface area (TPSA) is 98.6 Å². The summed E-state index contributed by atoms with van der Waals surface area (Å²) in [5, 5.41) is 20.6. The average Bonchev–Trinajstić information content (AvgIpc) is 2.64. The maximum atomic E-state index is 13.3. The molecule has 0 aliphatic carbocycles. The van der Waals surface area contributed by atoms with Gasteiger partial charge in [0.2, 0.25) is 0 Å². The zero-order chi connectivity index (χ0) is 17.8. The zero-order valence-corrected chi connectivity index (χ0v) is 13.1. The first kappa shape index (κ1) is 16.1. The lowest BCUT2D eigenvalue weighted by molar-refractivity contribution is 0.627.